The van der Waals surface area contributed by atoms with Crippen molar-refractivity contribution < 1.29 is 9.47 Å². The molecule has 5 heteroatoms. The molecule has 0 amide bonds. The van der Waals surface area contributed by atoms with Crippen molar-refractivity contribution >= 4 is 17.2 Å². The average Bonchev–Trinajstić information content (AvgIpc) is 2.42. The molecule has 0 spiro atoms. The Hall–Kier alpha value is -1.17. The number of rotatable bonds is 9. The van der Waals surface area contributed by atoms with Crippen LogP contribution in [0.5, 0.6) is 5.75 Å². The molecule has 20 heavy (non-hydrogen) atoms. The number of nitrogens with two attached hydrogens (primary N) is 1. The summed E-state index contributed by atoms with van der Waals surface area (Å²) in [6, 6.07) is 8.02. The SMILES string of the molecule is COCCN(CCOc1ccc(C(N)=S)cc1)C(C)C. The number of ether oxygens (including phenoxy) is 2. The highest BCUT2D eigenvalue weighted by Crippen LogP contribution is 2.12. The highest BCUT2D eigenvalue weighted by Gasteiger charge is 2.08. The monoisotopic (exact) mass is 296 g/mol. The molecule has 1 aromatic carbocycles. The Balaban J connectivity index is 2.40. The lowest BCUT2D eigenvalue weighted by molar-refractivity contribution is 0.116. The molecule has 0 saturated carbocycles. The van der Waals surface area contributed by atoms with E-state index in [2.05, 4.69) is 18.7 Å². The normalized spacial score (nSPS) is 11.1. The van der Waals surface area contributed by atoms with Crippen molar-refractivity contribution in [2.24, 2.45) is 5.73 Å². The molecule has 0 aliphatic rings. The van der Waals surface area contributed by atoms with E-state index in [4.69, 9.17) is 27.4 Å². The van der Waals surface area contributed by atoms with Crippen LogP contribution in [0.15, 0.2) is 24.3 Å². The van der Waals surface area contributed by atoms with E-state index in [9.17, 15) is 0 Å². The maximum absolute atomic E-state index is 5.73. The van der Waals surface area contributed by atoms with Gasteiger partial charge in [-0.1, -0.05) is 12.2 Å². The van der Waals surface area contributed by atoms with Crippen molar-refractivity contribution in [1.82, 2.24) is 4.90 Å². The predicted molar refractivity (Wildman–Crippen MR) is 86.4 cm³/mol. The van der Waals surface area contributed by atoms with E-state index in [-0.39, 0.29) is 0 Å². The molecule has 0 bridgehead atoms. The lowest BCUT2D eigenvalue weighted by atomic mass is 10.2. The van der Waals surface area contributed by atoms with Gasteiger partial charge >= 0.3 is 0 Å². The van der Waals surface area contributed by atoms with E-state index in [1.165, 1.54) is 0 Å². The zero-order valence-electron chi connectivity index (χ0n) is 12.5. The van der Waals surface area contributed by atoms with Crippen LogP contribution in [0.2, 0.25) is 0 Å². The Morgan fingerprint density at radius 3 is 2.30 bits per heavy atom. The van der Waals surface area contributed by atoms with Crippen molar-refractivity contribution in [1.29, 1.82) is 0 Å². The number of thiocarbonyl (C=S) groups is 1. The van der Waals surface area contributed by atoms with Gasteiger partial charge in [0.15, 0.2) is 0 Å². The van der Waals surface area contributed by atoms with E-state index >= 15 is 0 Å². The second-order valence-corrected chi connectivity index (χ2v) is 5.30. The number of nitrogens with zero attached hydrogens (tertiary/aromatic N) is 1. The lowest BCUT2D eigenvalue weighted by Gasteiger charge is -2.25. The first-order chi connectivity index (χ1) is 9.54. The molecule has 2 N–H and O–H groups in total. The second kappa shape index (κ2) is 8.89. The summed E-state index contributed by atoms with van der Waals surface area (Å²) in [5.74, 6) is 0.834. The molecule has 4 nitrogen and oxygen atoms in total. The molecule has 0 aliphatic heterocycles. The van der Waals surface area contributed by atoms with Crippen molar-refractivity contribution in [2.45, 2.75) is 19.9 Å². The molecular formula is C15H24N2O2S. The Morgan fingerprint density at radius 1 is 1.20 bits per heavy atom. The first-order valence-electron chi connectivity index (χ1n) is 6.80. The minimum atomic E-state index is 0.405. The van der Waals surface area contributed by atoms with Gasteiger partial charge in [0.25, 0.3) is 0 Å². The van der Waals surface area contributed by atoms with Gasteiger partial charge in [0.2, 0.25) is 0 Å². The molecule has 0 radical (unpaired) electrons. The smallest absolute Gasteiger partial charge is 0.119 e. The topological polar surface area (TPSA) is 47.7 Å². The van der Waals surface area contributed by atoms with Gasteiger partial charge in [0.05, 0.1) is 6.61 Å². The van der Waals surface area contributed by atoms with Gasteiger partial charge in [-0.15, -0.1) is 0 Å². The van der Waals surface area contributed by atoms with Crippen LogP contribution in [0.25, 0.3) is 0 Å². The van der Waals surface area contributed by atoms with Gasteiger partial charge in [-0.25, -0.2) is 0 Å². The fourth-order valence-electron chi connectivity index (χ4n) is 1.83. The summed E-state index contributed by atoms with van der Waals surface area (Å²) >= 11 is 4.91. The van der Waals surface area contributed by atoms with Crippen LogP contribution in [0.3, 0.4) is 0 Å². The summed E-state index contributed by atoms with van der Waals surface area (Å²) in [6.07, 6.45) is 0. The average molecular weight is 296 g/mol. The highest BCUT2D eigenvalue weighted by atomic mass is 32.1. The van der Waals surface area contributed by atoms with E-state index in [1.807, 2.05) is 24.3 Å². The van der Waals surface area contributed by atoms with Gasteiger partial charge in [-0.3, -0.25) is 4.90 Å². The van der Waals surface area contributed by atoms with Crippen LogP contribution in [-0.4, -0.2) is 49.3 Å². The number of benzene rings is 1. The molecule has 1 rings (SSSR count). The van der Waals surface area contributed by atoms with Gasteiger partial charge in [-0.2, -0.15) is 0 Å². The third kappa shape index (κ3) is 5.86. The van der Waals surface area contributed by atoms with Crippen molar-refractivity contribution in [3.8, 4) is 5.75 Å². The quantitative estimate of drug-likeness (QED) is 0.707. The number of hydrogen-bond donors (Lipinski definition) is 1. The summed E-state index contributed by atoms with van der Waals surface area (Å²) in [6.45, 7) is 7.52. The van der Waals surface area contributed by atoms with E-state index in [1.54, 1.807) is 7.11 Å². The first-order valence-corrected chi connectivity index (χ1v) is 7.21. The third-order valence-corrected chi connectivity index (χ3v) is 3.33. The summed E-state index contributed by atoms with van der Waals surface area (Å²) in [4.78, 5) is 2.73. The largest absolute Gasteiger partial charge is 0.492 e. The van der Waals surface area contributed by atoms with Crippen molar-refractivity contribution in [3.05, 3.63) is 29.8 Å². The van der Waals surface area contributed by atoms with Gasteiger partial charge < -0.3 is 15.2 Å². The van der Waals surface area contributed by atoms with Crippen LogP contribution in [-0.2, 0) is 4.74 Å². The minimum absolute atomic E-state index is 0.405. The molecule has 0 unspecified atom stereocenters. The highest BCUT2D eigenvalue weighted by molar-refractivity contribution is 7.80. The molecule has 112 valence electrons. The Morgan fingerprint density at radius 2 is 1.80 bits per heavy atom. The molecule has 0 aliphatic carbocycles. The number of hydrogen-bond acceptors (Lipinski definition) is 4. The Labute approximate surface area is 126 Å². The van der Waals surface area contributed by atoms with Gasteiger partial charge in [0, 0.05) is 31.8 Å². The van der Waals surface area contributed by atoms with Gasteiger partial charge in [-0.05, 0) is 38.1 Å². The zero-order chi connectivity index (χ0) is 15.0. The maximum Gasteiger partial charge on any atom is 0.119 e. The maximum atomic E-state index is 5.73. The lowest BCUT2D eigenvalue weighted by Crippen LogP contribution is -2.37. The third-order valence-electron chi connectivity index (χ3n) is 3.10. The molecule has 0 saturated heterocycles. The van der Waals surface area contributed by atoms with Crippen LogP contribution in [0, 0.1) is 0 Å². The molecule has 0 heterocycles. The van der Waals surface area contributed by atoms with Crippen molar-refractivity contribution in [3.63, 3.8) is 0 Å². The summed E-state index contributed by atoms with van der Waals surface area (Å²) < 4.78 is 10.9. The summed E-state index contributed by atoms with van der Waals surface area (Å²) in [5.41, 5.74) is 6.41. The zero-order valence-corrected chi connectivity index (χ0v) is 13.3. The molecule has 1 aromatic rings. The van der Waals surface area contributed by atoms with Crippen LogP contribution in [0.1, 0.15) is 19.4 Å². The van der Waals surface area contributed by atoms with Crippen molar-refractivity contribution in [2.75, 3.05) is 33.4 Å². The van der Waals surface area contributed by atoms with Gasteiger partial charge in [0.1, 0.15) is 17.3 Å². The Kier molecular flexibility index (Phi) is 7.51. The number of methoxy groups -OCH3 is 1. The summed E-state index contributed by atoms with van der Waals surface area (Å²) in [5, 5.41) is 0. The fourth-order valence-corrected chi connectivity index (χ4v) is 1.97. The fraction of sp³-hybridized carbons (Fsp3) is 0.533. The molecule has 0 atom stereocenters. The van der Waals surface area contributed by atoms with E-state index < -0.39 is 0 Å². The van der Waals surface area contributed by atoms with E-state index in [0.717, 1.165) is 31.0 Å². The standard InChI is InChI=1S/C15H24N2O2S/c1-12(2)17(8-10-18-3)9-11-19-14-6-4-13(5-7-14)15(16)20/h4-7,12H,8-11H2,1-3H3,(H2,16,20). The molecule has 0 aromatic heterocycles. The minimum Gasteiger partial charge on any atom is -0.492 e. The predicted octanol–water partition coefficient (Wildman–Crippen LogP) is 2.06. The molecular weight excluding hydrogens is 272 g/mol. The first kappa shape index (κ1) is 16.9. The summed E-state index contributed by atoms with van der Waals surface area (Å²) in [7, 11) is 1.72. The van der Waals surface area contributed by atoms with Crippen LogP contribution in [0.4, 0.5) is 0 Å². The van der Waals surface area contributed by atoms with E-state index in [0.29, 0.717) is 17.6 Å². The van der Waals surface area contributed by atoms with Crippen LogP contribution < -0.4 is 10.5 Å². The molecule has 0 fully saturated rings. The van der Waals surface area contributed by atoms with Crippen LogP contribution >= 0.6 is 12.2 Å². The second-order valence-electron chi connectivity index (χ2n) is 4.86. The Bertz CT molecular complexity index is 407.